The number of rotatable bonds is 4. The molecule has 6 nitrogen and oxygen atoms in total. The molecule has 3 rings (SSSR count). The number of amides is 2. The van der Waals surface area contributed by atoms with Crippen molar-refractivity contribution in [3.63, 3.8) is 0 Å². The number of nitrogens with one attached hydrogen (secondary N) is 1. The van der Waals surface area contributed by atoms with E-state index in [0.717, 1.165) is 12.1 Å². The van der Waals surface area contributed by atoms with Crippen LogP contribution in [0.25, 0.3) is 0 Å². The summed E-state index contributed by atoms with van der Waals surface area (Å²) in [4.78, 5) is 30.1. The van der Waals surface area contributed by atoms with E-state index in [0.29, 0.717) is 23.6 Å². The topological polar surface area (TPSA) is 71.5 Å². The van der Waals surface area contributed by atoms with Gasteiger partial charge in [0.25, 0.3) is 5.91 Å². The molecular formula is C18H19N3O3. The standard InChI is InChI=1S/C18H19N3O3/c1-12-6-9-17(22)21(12)15-5-3-4-14(10-15)20-18(23)13-7-8-16(24-2)19-11-13/h3-5,7-8,10-12H,6,9H2,1-2H3,(H,20,23). The smallest absolute Gasteiger partial charge is 0.257 e. The molecule has 1 aromatic heterocycles. The summed E-state index contributed by atoms with van der Waals surface area (Å²) in [5.74, 6) is 0.309. The van der Waals surface area contributed by atoms with Gasteiger partial charge in [-0.25, -0.2) is 4.98 Å². The summed E-state index contributed by atoms with van der Waals surface area (Å²) in [6.07, 6.45) is 2.88. The maximum atomic E-state index is 12.3. The van der Waals surface area contributed by atoms with Crippen molar-refractivity contribution < 1.29 is 14.3 Å². The second-order valence-corrected chi connectivity index (χ2v) is 5.75. The van der Waals surface area contributed by atoms with Crippen LogP contribution >= 0.6 is 0 Å². The predicted molar refractivity (Wildman–Crippen MR) is 91.4 cm³/mol. The Hall–Kier alpha value is -2.89. The summed E-state index contributed by atoms with van der Waals surface area (Å²) >= 11 is 0. The second kappa shape index (κ2) is 6.70. The zero-order valence-corrected chi connectivity index (χ0v) is 13.7. The number of carbonyl (C=O) groups excluding carboxylic acids is 2. The fraction of sp³-hybridized carbons (Fsp3) is 0.278. The number of anilines is 2. The van der Waals surface area contributed by atoms with Crippen LogP contribution in [-0.4, -0.2) is 29.9 Å². The van der Waals surface area contributed by atoms with Gasteiger partial charge in [0.2, 0.25) is 11.8 Å². The number of pyridine rings is 1. The van der Waals surface area contributed by atoms with Crippen molar-refractivity contribution in [1.29, 1.82) is 0 Å². The lowest BCUT2D eigenvalue weighted by molar-refractivity contribution is -0.117. The molecule has 24 heavy (non-hydrogen) atoms. The maximum Gasteiger partial charge on any atom is 0.257 e. The average Bonchev–Trinajstić information content (AvgIpc) is 2.94. The fourth-order valence-corrected chi connectivity index (χ4v) is 2.80. The molecule has 124 valence electrons. The van der Waals surface area contributed by atoms with Crippen LogP contribution < -0.4 is 15.0 Å². The van der Waals surface area contributed by atoms with Gasteiger partial charge < -0.3 is 15.0 Å². The third-order valence-corrected chi connectivity index (χ3v) is 4.08. The summed E-state index contributed by atoms with van der Waals surface area (Å²) in [5, 5.41) is 2.83. The highest BCUT2D eigenvalue weighted by atomic mass is 16.5. The molecule has 2 aromatic rings. The van der Waals surface area contributed by atoms with Crippen LogP contribution in [0.1, 0.15) is 30.1 Å². The molecular weight excluding hydrogens is 306 g/mol. The van der Waals surface area contributed by atoms with Gasteiger partial charge in [-0.15, -0.1) is 0 Å². The number of benzene rings is 1. The summed E-state index contributed by atoms with van der Waals surface area (Å²) < 4.78 is 4.98. The van der Waals surface area contributed by atoms with Crippen molar-refractivity contribution in [1.82, 2.24) is 4.98 Å². The predicted octanol–water partition coefficient (Wildman–Crippen LogP) is 2.86. The van der Waals surface area contributed by atoms with E-state index in [2.05, 4.69) is 10.3 Å². The Morgan fingerprint density at radius 1 is 1.33 bits per heavy atom. The molecule has 2 amide bonds. The van der Waals surface area contributed by atoms with Crippen LogP contribution in [0.15, 0.2) is 42.6 Å². The molecule has 1 aliphatic heterocycles. The Balaban J connectivity index is 1.76. The summed E-state index contributed by atoms with van der Waals surface area (Å²) in [7, 11) is 1.52. The minimum Gasteiger partial charge on any atom is -0.481 e. The van der Waals surface area contributed by atoms with Crippen LogP contribution in [0.5, 0.6) is 5.88 Å². The molecule has 1 aliphatic rings. The van der Waals surface area contributed by atoms with Gasteiger partial charge >= 0.3 is 0 Å². The molecule has 1 saturated heterocycles. The van der Waals surface area contributed by atoms with Gasteiger partial charge in [0, 0.05) is 36.1 Å². The quantitative estimate of drug-likeness (QED) is 0.938. The number of carbonyl (C=O) groups is 2. The van der Waals surface area contributed by atoms with Gasteiger partial charge in [-0.3, -0.25) is 9.59 Å². The molecule has 2 heterocycles. The van der Waals surface area contributed by atoms with Crippen molar-refractivity contribution in [3.8, 4) is 5.88 Å². The Kier molecular flexibility index (Phi) is 4.46. The first-order valence-corrected chi connectivity index (χ1v) is 7.82. The Morgan fingerprint density at radius 3 is 2.79 bits per heavy atom. The molecule has 6 heteroatoms. The van der Waals surface area contributed by atoms with Crippen LogP contribution in [0, 0.1) is 0 Å². The number of methoxy groups -OCH3 is 1. The zero-order chi connectivity index (χ0) is 17.1. The van der Waals surface area contributed by atoms with Crippen LogP contribution in [0.4, 0.5) is 11.4 Å². The van der Waals surface area contributed by atoms with E-state index in [9.17, 15) is 9.59 Å². The van der Waals surface area contributed by atoms with Crippen LogP contribution in [-0.2, 0) is 4.79 Å². The molecule has 0 saturated carbocycles. The summed E-state index contributed by atoms with van der Waals surface area (Å²) in [6.45, 7) is 2.03. The van der Waals surface area contributed by atoms with Crippen molar-refractivity contribution in [3.05, 3.63) is 48.2 Å². The molecule has 0 aliphatic carbocycles. The van der Waals surface area contributed by atoms with Crippen LogP contribution in [0.3, 0.4) is 0 Å². The van der Waals surface area contributed by atoms with E-state index in [1.54, 1.807) is 23.1 Å². The van der Waals surface area contributed by atoms with Crippen molar-refractivity contribution in [2.75, 3.05) is 17.3 Å². The van der Waals surface area contributed by atoms with Crippen LogP contribution in [0.2, 0.25) is 0 Å². The SMILES string of the molecule is COc1ccc(C(=O)Nc2cccc(N3C(=O)CCC3C)c2)cn1. The minimum atomic E-state index is -0.261. The highest BCUT2D eigenvalue weighted by molar-refractivity contribution is 6.04. The fourth-order valence-electron chi connectivity index (χ4n) is 2.80. The largest absolute Gasteiger partial charge is 0.481 e. The third-order valence-electron chi connectivity index (χ3n) is 4.08. The number of hydrogen-bond donors (Lipinski definition) is 1. The van der Waals surface area contributed by atoms with Gasteiger partial charge in [0.05, 0.1) is 12.7 Å². The molecule has 0 spiro atoms. The van der Waals surface area contributed by atoms with Crippen molar-refractivity contribution >= 4 is 23.2 Å². The lowest BCUT2D eigenvalue weighted by Gasteiger charge is -2.22. The molecule has 1 atom stereocenters. The minimum absolute atomic E-state index is 0.116. The maximum absolute atomic E-state index is 12.3. The first-order chi connectivity index (χ1) is 11.6. The number of nitrogens with zero attached hydrogens (tertiary/aromatic N) is 2. The van der Waals surface area contributed by atoms with Gasteiger partial charge in [-0.1, -0.05) is 6.07 Å². The lowest BCUT2D eigenvalue weighted by atomic mass is 10.2. The molecule has 1 fully saturated rings. The normalized spacial score (nSPS) is 17.0. The van der Waals surface area contributed by atoms with E-state index < -0.39 is 0 Å². The Labute approximate surface area is 140 Å². The van der Waals surface area contributed by atoms with E-state index in [-0.39, 0.29) is 17.9 Å². The average molecular weight is 325 g/mol. The van der Waals surface area contributed by atoms with E-state index >= 15 is 0 Å². The summed E-state index contributed by atoms with van der Waals surface area (Å²) in [6, 6.07) is 10.8. The number of hydrogen-bond acceptors (Lipinski definition) is 4. The Bertz CT molecular complexity index is 758. The highest BCUT2D eigenvalue weighted by Crippen LogP contribution is 2.28. The number of ether oxygens (including phenoxy) is 1. The van der Waals surface area contributed by atoms with Gasteiger partial charge in [-0.05, 0) is 37.6 Å². The molecule has 1 N–H and O–H groups in total. The molecule has 1 aromatic carbocycles. The third kappa shape index (κ3) is 3.22. The summed E-state index contributed by atoms with van der Waals surface area (Å²) in [5.41, 5.74) is 1.88. The lowest BCUT2D eigenvalue weighted by Crippen LogP contribution is -2.30. The molecule has 1 unspecified atom stereocenters. The van der Waals surface area contributed by atoms with Gasteiger partial charge in [-0.2, -0.15) is 0 Å². The van der Waals surface area contributed by atoms with Gasteiger partial charge in [0.1, 0.15) is 0 Å². The molecule has 0 bridgehead atoms. The second-order valence-electron chi connectivity index (χ2n) is 5.75. The zero-order valence-electron chi connectivity index (χ0n) is 13.7. The van der Waals surface area contributed by atoms with E-state index in [1.165, 1.54) is 13.3 Å². The van der Waals surface area contributed by atoms with Crippen molar-refractivity contribution in [2.24, 2.45) is 0 Å². The number of aromatic nitrogens is 1. The van der Waals surface area contributed by atoms with Crippen molar-refractivity contribution in [2.45, 2.75) is 25.8 Å². The first kappa shape index (κ1) is 16.0. The monoisotopic (exact) mass is 325 g/mol. The Morgan fingerprint density at radius 2 is 2.17 bits per heavy atom. The van der Waals surface area contributed by atoms with E-state index in [1.807, 2.05) is 25.1 Å². The first-order valence-electron chi connectivity index (χ1n) is 7.82. The van der Waals surface area contributed by atoms with E-state index in [4.69, 9.17) is 4.74 Å². The highest BCUT2D eigenvalue weighted by Gasteiger charge is 2.28. The molecule has 0 radical (unpaired) electrons. The van der Waals surface area contributed by atoms with Gasteiger partial charge in [0.15, 0.2) is 0 Å².